The third-order valence-electron chi connectivity index (χ3n) is 2.56. The van der Waals surface area contributed by atoms with Gasteiger partial charge < -0.3 is 10.5 Å². The Hall–Kier alpha value is -0.680. The zero-order chi connectivity index (χ0) is 13.0. The van der Waals surface area contributed by atoms with Crippen LogP contribution in [0.2, 0.25) is 0 Å². The number of hydrogen-bond acceptors (Lipinski definition) is 4. The summed E-state index contributed by atoms with van der Waals surface area (Å²) in [7, 11) is 1.41. The van der Waals surface area contributed by atoms with Crippen molar-refractivity contribution < 1.29 is 9.53 Å². The van der Waals surface area contributed by atoms with Crippen molar-refractivity contribution in [1.29, 1.82) is 0 Å². The lowest BCUT2D eigenvalue weighted by Crippen LogP contribution is -2.22. The first-order valence-corrected chi connectivity index (χ1v) is 6.92. The van der Waals surface area contributed by atoms with Gasteiger partial charge in [-0.2, -0.15) is 0 Å². The molecule has 2 atom stereocenters. The van der Waals surface area contributed by atoms with Gasteiger partial charge in [-0.1, -0.05) is 29.8 Å². The monoisotopic (exact) mass is 317 g/mol. The van der Waals surface area contributed by atoms with Gasteiger partial charge in [0.2, 0.25) is 0 Å². The van der Waals surface area contributed by atoms with Gasteiger partial charge >= 0.3 is 5.97 Å². The molecule has 5 heteroatoms. The minimum absolute atomic E-state index is 0.117. The summed E-state index contributed by atoms with van der Waals surface area (Å²) < 4.78 is 5.68. The normalized spacial score (nSPS) is 14.1. The molecule has 0 amide bonds. The first kappa shape index (κ1) is 14.4. The first-order chi connectivity index (χ1) is 7.95. The van der Waals surface area contributed by atoms with E-state index in [4.69, 9.17) is 10.5 Å². The zero-order valence-corrected chi connectivity index (χ0v) is 12.5. The van der Waals surface area contributed by atoms with Crippen LogP contribution in [0.15, 0.2) is 27.6 Å². The number of ether oxygens (including phenoxy) is 1. The highest BCUT2D eigenvalue weighted by Gasteiger charge is 2.22. The van der Waals surface area contributed by atoms with Crippen LogP contribution in [0.1, 0.15) is 13.8 Å². The predicted octanol–water partition coefficient (Wildman–Crippen LogP) is 3.32. The summed E-state index contributed by atoms with van der Waals surface area (Å²) >= 11 is 4.95. The number of carbonyl (C=O) groups is 1. The van der Waals surface area contributed by atoms with Crippen LogP contribution in [0.25, 0.3) is 0 Å². The van der Waals surface area contributed by atoms with Crippen LogP contribution in [0.3, 0.4) is 0 Å². The van der Waals surface area contributed by atoms with E-state index in [-0.39, 0.29) is 17.1 Å². The zero-order valence-electron chi connectivity index (χ0n) is 10.1. The maximum Gasteiger partial charge on any atom is 0.309 e. The molecular weight excluding hydrogens is 302 g/mol. The summed E-state index contributed by atoms with van der Waals surface area (Å²) in [5.74, 6) is -0.353. The fourth-order valence-electron chi connectivity index (χ4n) is 1.31. The molecule has 1 rings (SSSR count). The third kappa shape index (κ3) is 3.92. The molecule has 0 aliphatic carbocycles. The Kier molecular flexibility index (Phi) is 5.33. The van der Waals surface area contributed by atoms with Crippen LogP contribution in [-0.4, -0.2) is 18.3 Å². The second-order valence-electron chi connectivity index (χ2n) is 3.82. The van der Waals surface area contributed by atoms with Crippen molar-refractivity contribution in [1.82, 2.24) is 0 Å². The van der Waals surface area contributed by atoms with Gasteiger partial charge in [0.1, 0.15) is 0 Å². The van der Waals surface area contributed by atoms with E-state index in [0.717, 1.165) is 9.37 Å². The quantitative estimate of drug-likeness (QED) is 0.526. The Bertz CT molecular complexity index is 411. The second kappa shape index (κ2) is 6.31. The van der Waals surface area contributed by atoms with E-state index in [0.29, 0.717) is 5.69 Å². The smallest absolute Gasteiger partial charge is 0.309 e. The molecule has 0 fully saturated rings. The van der Waals surface area contributed by atoms with Gasteiger partial charge in [0.15, 0.2) is 0 Å². The SMILES string of the molecule is COC(=O)C(C)C(C)Sc1ccc(Br)cc1N. The molecule has 0 bridgehead atoms. The summed E-state index contributed by atoms with van der Waals surface area (Å²) in [4.78, 5) is 12.4. The number of benzene rings is 1. The van der Waals surface area contributed by atoms with Crippen molar-refractivity contribution in [2.75, 3.05) is 12.8 Å². The Morgan fingerprint density at radius 1 is 1.47 bits per heavy atom. The summed E-state index contributed by atoms with van der Waals surface area (Å²) in [6, 6.07) is 5.75. The van der Waals surface area contributed by atoms with E-state index in [9.17, 15) is 4.79 Å². The average molecular weight is 318 g/mol. The third-order valence-corrected chi connectivity index (χ3v) is 4.46. The highest BCUT2D eigenvalue weighted by Crippen LogP contribution is 2.33. The molecule has 2 N–H and O–H groups in total. The summed E-state index contributed by atoms with van der Waals surface area (Å²) in [5, 5.41) is 0.117. The number of anilines is 1. The van der Waals surface area contributed by atoms with Gasteiger partial charge in [-0.05, 0) is 18.2 Å². The number of methoxy groups -OCH3 is 1. The lowest BCUT2D eigenvalue weighted by Gasteiger charge is -2.18. The number of esters is 1. The van der Waals surface area contributed by atoms with Crippen LogP contribution in [0, 0.1) is 5.92 Å². The molecule has 2 unspecified atom stereocenters. The molecule has 0 aliphatic rings. The minimum atomic E-state index is -0.194. The van der Waals surface area contributed by atoms with Crippen molar-refractivity contribution in [2.24, 2.45) is 5.92 Å². The Morgan fingerprint density at radius 2 is 2.12 bits per heavy atom. The first-order valence-electron chi connectivity index (χ1n) is 5.25. The van der Waals surface area contributed by atoms with E-state index < -0.39 is 0 Å². The molecule has 0 aromatic heterocycles. The van der Waals surface area contributed by atoms with Gasteiger partial charge in [-0.3, -0.25) is 4.79 Å². The van der Waals surface area contributed by atoms with Crippen LogP contribution in [-0.2, 0) is 9.53 Å². The number of halogens is 1. The van der Waals surface area contributed by atoms with Gasteiger partial charge in [-0.15, -0.1) is 11.8 Å². The van der Waals surface area contributed by atoms with Crippen molar-refractivity contribution in [3.8, 4) is 0 Å². The molecule has 0 spiro atoms. The minimum Gasteiger partial charge on any atom is -0.469 e. The average Bonchev–Trinajstić information content (AvgIpc) is 2.30. The topological polar surface area (TPSA) is 52.3 Å². The Morgan fingerprint density at radius 3 is 2.65 bits per heavy atom. The number of thioether (sulfide) groups is 1. The fourth-order valence-corrected chi connectivity index (χ4v) is 2.74. The molecular formula is C12H16BrNO2S. The summed E-state index contributed by atoms with van der Waals surface area (Å²) in [6.07, 6.45) is 0. The predicted molar refractivity (Wildman–Crippen MR) is 75.1 cm³/mol. The van der Waals surface area contributed by atoms with Gasteiger partial charge in [0.25, 0.3) is 0 Å². The molecule has 94 valence electrons. The Labute approximate surface area is 114 Å². The molecule has 0 aliphatic heterocycles. The number of carbonyl (C=O) groups excluding carboxylic acids is 1. The summed E-state index contributed by atoms with van der Waals surface area (Å²) in [6.45, 7) is 3.85. The molecule has 0 radical (unpaired) electrons. The lowest BCUT2D eigenvalue weighted by molar-refractivity contribution is -0.144. The van der Waals surface area contributed by atoms with E-state index in [2.05, 4.69) is 15.9 Å². The lowest BCUT2D eigenvalue weighted by atomic mass is 10.1. The number of nitrogen functional groups attached to an aromatic ring is 1. The molecule has 0 saturated carbocycles. The number of rotatable bonds is 4. The van der Waals surface area contributed by atoms with Crippen LogP contribution in [0.4, 0.5) is 5.69 Å². The van der Waals surface area contributed by atoms with Crippen molar-refractivity contribution in [3.63, 3.8) is 0 Å². The van der Waals surface area contributed by atoms with Gasteiger partial charge in [-0.25, -0.2) is 0 Å². The Balaban J connectivity index is 2.74. The van der Waals surface area contributed by atoms with E-state index in [1.165, 1.54) is 7.11 Å². The van der Waals surface area contributed by atoms with Gasteiger partial charge in [0, 0.05) is 20.3 Å². The molecule has 3 nitrogen and oxygen atoms in total. The van der Waals surface area contributed by atoms with Crippen molar-refractivity contribution in [2.45, 2.75) is 24.0 Å². The highest BCUT2D eigenvalue weighted by atomic mass is 79.9. The number of nitrogens with two attached hydrogens (primary N) is 1. The van der Waals surface area contributed by atoms with E-state index in [1.54, 1.807) is 11.8 Å². The van der Waals surface area contributed by atoms with Crippen LogP contribution in [0.5, 0.6) is 0 Å². The standard InChI is InChI=1S/C12H16BrNO2S/c1-7(12(15)16-3)8(2)17-11-5-4-9(13)6-10(11)14/h4-8H,14H2,1-3H3. The summed E-state index contributed by atoms with van der Waals surface area (Å²) in [5.41, 5.74) is 6.63. The van der Waals surface area contributed by atoms with Crippen molar-refractivity contribution in [3.05, 3.63) is 22.7 Å². The molecule has 1 aromatic carbocycles. The molecule has 1 aromatic rings. The fraction of sp³-hybridized carbons (Fsp3) is 0.417. The molecule has 0 saturated heterocycles. The highest BCUT2D eigenvalue weighted by molar-refractivity contribution is 9.10. The maximum atomic E-state index is 11.4. The van der Waals surface area contributed by atoms with Gasteiger partial charge in [0.05, 0.1) is 13.0 Å². The maximum absolute atomic E-state index is 11.4. The van der Waals surface area contributed by atoms with E-state index in [1.807, 2.05) is 32.0 Å². The largest absolute Gasteiger partial charge is 0.469 e. The van der Waals surface area contributed by atoms with Crippen LogP contribution >= 0.6 is 27.7 Å². The second-order valence-corrected chi connectivity index (χ2v) is 6.15. The van der Waals surface area contributed by atoms with Crippen molar-refractivity contribution >= 4 is 39.3 Å². The van der Waals surface area contributed by atoms with Crippen LogP contribution < -0.4 is 5.73 Å². The van der Waals surface area contributed by atoms with E-state index >= 15 is 0 Å². The molecule has 17 heavy (non-hydrogen) atoms. The number of hydrogen-bond donors (Lipinski definition) is 1. The molecule has 0 heterocycles.